The highest BCUT2D eigenvalue weighted by molar-refractivity contribution is 6.30. The van der Waals surface area contributed by atoms with E-state index in [-0.39, 0.29) is 30.7 Å². The Morgan fingerprint density at radius 3 is 2.50 bits per heavy atom. The lowest BCUT2D eigenvalue weighted by Gasteiger charge is -2.39. The molecule has 2 aromatic rings. The monoisotopic (exact) mass is 483 g/mol. The zero-order valence-electron chi connectivity index (χ0n) is 19.3. The summed E-state index contributed by atoms with van der Waals surface area (Å²) in [6.07, 6.45) is -0.0754. The predicted octanol–water partition coefficient (Wildman–Crippen LogP) is 2.13. The highest BCUT2D eigenvalue weighted by Crippen LogP contribution is 2.21. The normalized spacial score (nSPS) is 19.0. The molecule has 0 bridgehead atoms. The lowest BCUT2D eigenvalue weighted by molar-refractivity contribution is -0.145. The van der Waals surface area contributed by atoms with Crippen LogP contribution < -0.4 is 15.5 Å². The van der Waals surface area contributed by atoms with Gasteiger partial charge in [0.15, 0.2) is 0 Å². The maximum absolute atomic E-state index is 13.1. The molecule has 2 fully saturated rings. The van der Waals surface area contributed by atoms with E-state index in [1.807, 2.05) is 55.5 Å². The van der Waals surface area contributed by atoms with E-state index in [0.717, 1.165) is 37.4 Å². The summed E-state index contributed by atoms with van der Waals surface area (Å²) in [7, 11) is 0. The number of hydrogen-bond acceptors (Lipinski definition) is 5. The minimum atomic E-state index is -0.806. The fraction of sp³-hybridized carbons (Fsp3) is 0.400. The van der Waals surface area contributed by atoms with E-state index in [2.05, 4.69) is 20.4 Å². The molecule has 4 rings (SSSR count). The molecule has 8 nitrogen and oxygen atoms in total. The molecule has 3 amide bonds. The number of carbonyl (C=O) groups is 3. The number of nitrogens with one attached hydrogen (secondary N) is 2. The number of piperazine rings is 2. The second kappa shape index (κ2) is 10.9. The standard InChI is InChI=1S/C25H30ClN5O3/c1-18-5-7-20(8-6-18)28-23(32)16-22-25(34)27-9-10-31(22)24(33)17-29-11-13-30(14-12-29)21-4-2-3-19(26)15-21/h2-8,15,22H,9-14,16-17H2,1H3,(H,27,34)(H,28,32). The van der Waals surface area contributed by atoms with Crippen molar-refractivity contribution in [1.82, 2.24) is 15.1 Å². The van der Waals surface area contributed by atoms with Crippen LogP contribution in [-0.4, -0.2) is 79.4 Å². The molecule has 0 radical (unpaired) electrons. The Balaban J connectivity index is 1.32. The lowest BCUT2D eigenvalue weighted by Crippen LogP contribution is -2.60. The van der Waals surface area contributed by atoms with Gasteiger partial charge in [-0.05, 0) is 37.3 Å². The van der Waals surface area contributed by atoms with Crippen LogP contribution in [0.25, 0.3) is 0 Å². The van der Waals surface area contributed by atoms with Crippen molar-refractivity contribution in [3.8, 4) is 0 Å². The lowest BCUT2D eigenvalue weighted by atomic mass is 10.1. The maximum Gasteiger partial charge on any atom is 0.243 e. The number of nitrogens with zero attached hydrogens (tertiary/aromatic N) is 3. The molecule has 2 aliphatic rings. The van der Waals surface area contributed by atoms with E-state index in [1.165, 1.54) is 0 Å². The third-order valence-corrected chi connectivity index (χ3v) is 6.50. The van der Waals surface area contributed by atoms with Crippen LogP contribution in [0.1, 0.15) is 12.0 Å². The van der Waals surface area contributed by atoms with Gasteiger partial charge in [-0.25, -0.2) is 0 Å². The third-order valence-electron chi connectivity index (χ3n) is 6.27. The van der Waals surface area contributed by atoms with Crippen molar-refractivity contribution in [2.45, 2.75) is 19.4 Å². The molecule has 0 aliphatic carbocycles. The van der Waals surface area contributed by atoms with Crippen molar-refractivity contribution in [2.75, 3.05) is 56.0 Å². The average molecular weight is 484 g/mol. The van der Waals surface area contributed by atoms with Crippen molar-refractivity contribution >= 4 is 40.7 Å². The van der Waals surface area contributed by atoms with Crippen molar-refractivity contribution in [3.63, 3.8) is 0 Å². The molecule has 2 aliphatic heterocycles. The number of rotatable bonds is 6. The van der Waals surface area contributed by atoms with Gasteiger partial charge in [0.1, 0.15) is 6.04 Å². The maximum atomic E-state index is 13.1. The molecule has 0 aromatic heterocycles. The zero-order chi connectivity index (χ0) is 24.1. The minimum absolute atomic E-state index is 0.0754. The van der Waals surface area contributed by atoms with Gasteiger partial charge >= 0.3 is 0 Å². The molecule has 9 heteroatoms. The van der Waals surface area contributed by atoms with E-state index in [9.17, 15) is 14.4 Å². The number of hydrogen-bond donors (Lipinski definition) is 2. The van der Waals surface area contributed by atoms with E-state index in [1.54, 1.807) is 4.90 Å². The highest BCUT2D eigenvalue weighted by Gasteiger charge is 2.35. The Kier molecular flexibility index (Phi) is 7.70. The molecule has 34 heavy (non-hydrogen) atoms. The summed E-state index contributed by atoms with van der Waals surface area (Å²) < 4.78 is 0. The second-order valence-electron chi connectivity index (χ2n) is 8.76. The summed E-state index contributed by atoms with van der Waals surface area (Å²) in [6, 6.07) is 14.4. The van der Waals surface area contributed by atoms with Crippen LogP contribution in [0.3, 0.4) is 0 Å². The Labute approximate surface area is 204 Å². The SMILES string of the molecule is Cc1ccc(NC(=O)CC2C(=O)NCCN2C(=O)CN2CCN(c3cccc(Cl)c3)CC2)cc1. The fourth-order valence-electron chi connectivity index (χ4n) is 4.36. The summed E-state index contributed by atoms with van der Waals surface area (Å²) in [6.45, 7) is 6.03. The predicted molar refractivity (Wildman–Crippen MR) is 133 cm³/mol. The number of anilines is 2. The smallest absolute Gasteiger partial charge is 0.243 e. The van der Waals surface area contributed by atoms with Gasteiger partial charge in [-0.15, -0.1) is 0 Å². The Hall–Kier alpha value is -3.10. The van der Waals surface area contributed by atoms with Gasteiger partial charge in [0.05, 0.1) is 13.0 Å². The summed E-state index contributed by atoms with van der Waals surface area (Å²) >= 11 is 6.11. The molecule has 2 N–H and O–H groups in total. The van der Waals surface area contributed by atoms with Crippen molar-refractivity contribution < 1.29 is 14.4 Å². The number of halogens is 1. The highest BCUT2D eigenvalue weighted by atomic mass is 35.5. The summed E-state index contributed by atoms with van der Waals surface area (Å²) in [5.74, 6) is -0.706. The topological polar surface area (TPSA) is 85.0 Å². The molecule has 2 aromatic carbocycles. The van der Waals surface area contributed by atoms with E-state index in [4.69, 9.17) is 11.6 Å². The Bertz CT molecular complexity index is 1040. The first-order valence-corrected chi connectivity index (χ1v) is 11.9. The fourth-order valence-corrected chi connectivity index (χ4v) is 4.54. The molecule has 180 valence electrons. The largest absolute Gasteiger partial charge is 0.369 e. The summed E-state index contributed by atoms with van der Waals surface area (Å²) in [5.41, 5.74) is 2.84. The molecule has 1 unspecified atom stereocenters. The molecule has 1 atom stereocenters. The van der Waals surface area contributed by atoms with Gasteiger partial charge in [0.2, 0.25) is 17.7 Å². The van der Waals surface area contributed by atoms with Gasteiger partial charge in [-0.3, -0.25) is 19.3 Å². The number of aryl methyl sites for hydroxylation is 1. The summed E-state index contributed by atoms with van der Waals surface area (Å²) in [4.78, 5) is 44.2. The summed E-state index contributed by atoms with van der Waals surface area (Å²) in [5, 5.41) is 6.31. The molecule has 0 spiro atoms. The first kappa shape index (κ1) is 24.0. The quantitative estimate of drug-likeness (QED) is 0.657. The molecule has 0 saturated carbocycles. The van der Waals surface area contributed by atoms with Gasteiger partial charge in [0, 0.05) is 55.7 Å². The first-order chi connectivity index (χ1) is 16.4. The average Bonchev–Trinajstić information content (AvgIpc) is 2.82. The number of benzene rings is 2. The van der Waals surface area contributed by atoms with Crippen molar-refractivity contribution in [2.24, 2.45) is 0 Å². The van der Waals surface area contributed by atoms with Crippen molar-refractivity contribution in [3.05, 3.63) is 59.1 Å². The zero-order valence-corrected chi connectivity index (χ0v) is 20.1. The van der Waals surface area contributed by atoms with E-state index < -0.39 is 6.04 Å². The van der Waals surface area contributed by atoms with Crippen LogP contribution in [0.2, 0.25) is 5.02 Å². The molecular weight excluding hydrogens is 454 g/mol. The van der Waals surface area contributed by atoms with E-state index >= 15 is 0 Å². The second-order valence-corrected chi connectivity index (χ2v) is 9.19. The van der Waals surface area contributed by atoms with Crippen LogP contribution in [0, 0.1) is 6.92 Å². The number of carbonyl (C=O) groups excluding carboxylic acids is 3. The Morgan fingerprint density at radius 2 is 1.79 bits per heavy atom. The molecule has 2 saturated heterocycles. The van der Waals surface area contributed by atoms with Gasteiger partial charge in [-0.1, -0.05) is 35.4 Å². The van der Waals surface area contributed by atoms with E-state index in [0.29, 0.717) is 23.8 Å². The molecule has 2 heterocycles. The van der Waals surface area contributed by atoms with Crippen LogP contribution >= 0.6 is 11.6 Å². The third kappa shape index (κ3) is 6.07. The van der Waals surface area contributed by atoms with Crippen LogP contribution in [-0.2, 0) is 14.4 Å². The Morgan fingerprint density at radius 1 is 1.06 bits per heavy atom. The van der Waals surface area contributed by atoms with Gasteiger partial charge in [-0.2, -0.15) is 0 Å². The van der Waals surface area contributed by atoms with Gasteiger partial charge in [0.25, 0.3) is 0 Å². The van der Waals surface area contributed by atoms with Crippen LogP contribution in [0.4, 0.5) is 11.4 Å². The molecular formula is C25H30ClN5O3. The van der Waals surface area contributed by atoms with Crippen LogP contribution in [0.5, 0.6) is 0 Å². The van der Waals surface area contributed by atoms with Gasteiger partial charge < -0.3 is 20.4 Å². The minimum Gasteiger partial charge on any atom is -0.369 e. The van der Waals surface area contributed by atoms with Crippen molar-refractivity contribution in [1.29, 1.82) is 0 Å². The number of amides is 3. The first-order valence-electron chi connectivity index (χ1n) is 11.6. The van der Waals surface area contributed by atoms with Crippen LogP contribution in [0.15, 0.2) is 48.5 Å².